The lowest BCUT2D eigenvalue weighted by Crippen LogP contribution is -2.16. The summed E-state index contributed by atoms with van der Waals surface area (Å²) in [6.07, 6.45) is -0.660. The number of ether oxygens (including phenoxy) is 3. The molecule has 0 aromatic heterocycles. The van der Waals surface area contributed by atoms with Crippen molar-refractivity contribution in [2.75, 3.05) is 12.4 Å². The second-order valence-electron chi connectivity index (χ2n) is 7.29. The minimum Gasteiger partial charge on any atom is -0.488 e. The van der Waals surface area contributed by atoms with Crippen molar-refractivity contribution < 1.29 is 24.4 Å². The molecule has 2 N–H and O–H groups in total. The van der Waals surface area contributed by atoms with Crippen LogP contribution in [0, 0.1) is 6.92 Å². The lowest BCUT2D eigenvalue weighted by atomic mass is 10.2. The van der Waals surface area contributed by atoms with Crippen LogP contribution in [0.25, 0.3) is 0 Å². The molecule has 0 spiro atoms. The van der Waals surface area contributed by atoms with Crippen molar-refractivity contribution >= 4 is 23.4 Å². The first kappa shape index (κ1) is 24.3. The number of thioether (sulfide) groups is 1. The Morgan fingerprint density at radius 1 is 0.938 bits per heavy atom. The molecule has 5 nitrogen and oxygen atoms in total. The summed E-state index contributed by atoms with van der Waals surface area (Å²) in [5.74, 6) is 3.48. The Hall–Kier alpha value is -2.38. The van der Waals surface area contributed by atoms with Crippen molar-refractivity contribution in [1.29, 1.82) is 0 Å². The van der Waals surface area contributed by atoms with Gasteiger partial charge in [0.25, 0.3) is 0 Å². The van der Waals surface area contributed by atoms with Crippen molar-refractivity contribution in [1.82, 2.24) is 0 Å². The molecule has 1 atom stereocenters. The predicted molar refractivity (Wildman–Crippen MR) is 128 cm³/mol. The Kier molecular flexibility index (Phi) is 9.11. The molecule has 170 valence electrons. The Morgan fingerprint density at radius 2 is 1.69 bits per heavy atom. The molecule has 3 rings (SSSR count). The van der Waals surface area contributed by atoms with Crippen molar-refractivity contribution in [2.45, 2.75) is 37.6 Å². The fourth-order valence-electron chi connectivity index (χ4n) is 2.93. The summed E-state index contributed by atoms with van der Waals surface area (Å²) in [5.41, 5.74) is 0.948. The van der Waals surface area contributed by atoms with Gasteiger partial charge in [0, 0.05) is 21.7 Å². The average Bonchev–Trinajstić information content (AvgIpc) is 2.76. The van der Waals surface area contributed by atoms with E-state index < -0.39 is 6.29 Å². The molecule has 32 heavy (non-hydrogen) atoms. The Bertz CT molecular complexity index is 997. The van der Waals surface area contributed by atoms with Gasteiger partial charge in [0.1, 0.15) is 18.1 Å². The van der Waals surface area contributed by atoms with Crippen LogP contribution in [0.5, 0.6) is 23.0 Å². The molecule has 3 aromatic carbocycles. The van der Waals surface area contributed by atoms with Crippen molar-refractivity contribution in [3.05, 3.63) is 77.3 Å². The number of aliphatic hydroxyl groups excluding tert-OH is 1. The molecule has 0 bridgehead atoms. The van der Waals surface area contributed by atoms with E-state index in [1.165, 1.54) is 0 Å². The quantitative estimate of drug-likeness (QED) is 0.259. The van der Waals surface area contributed by atoms with Gasteiger partial charge >= 0.3 is 0 Å². The van der Waals surface area contributed by atoms with Crippen LogP contribution in [-0.4, -0.2) is 35.0 Å². The highest BCUT2D eigenvalue weighted by atomic mass is 35.5. The van der Waals surface area contributed by atoms with Gasteiger partial charge < -0.3 is 24.4 Å². The van der Waals surface area contributed by atoms with E-state index >= 15 is 0 Å². The summed E-state index contributed by atoms with van der Waals surface area (Å²) in [4.78, 5) is 1.12. The third-order valence-corrected chi connectivity index (χ3v) is 5.79. The van der Waals surface area contributed by atoms with E-state index in [4.69, 9.17) is 36.0 Å². The van der Waals surface area contributed by atoms with Crippen LogP contribution in [0.4, 0.5) is 0 Å². The van der Waals surface area contributed by atoms with E-state index in [2.05, 4.69) is 0 Å². The highest BCUT2D eigenvalue weighted by Crippen LogP contribution is 2.35. The van der Waals surface area contributed by atoms with E-state index in [0.717, 1.165) is 28.4 Å². The maximum Gasteiger partial charge on any atom is 0.186 e. The molecular weight excluding hydrogens is 448 g/mol. The monoisotopic (exact) mass is 474 g/mol. The van der Waals surface area contributed by atoms with Gasteiger partial charge in [-0.2, -0.15) is 0 Å². The Morgan fingerprint density at radius 3 is 2.41 bits per heavy atom. The third-order valence-electron chi connectivity index (χ3n) is 4.53. The second-order valence-corrected chi connectivity index (χ2v) is 8.90. The Labute approximate surface area is 197 Å². The normalized spacial score (nSPS) is 11.9. The van der Waals surface area contributed by atoms with Crippen LogP contribution in [0.15, 0.2) is 71.6 Å². The molecule has 0 fully saturated rings. The number of hydrogen-bond acceptors (Lipinski definition) is 6. The van der Waals surface area contributed by atoms with Crippen LogP contribution in [0.1, 0.15) is 18.9 Å². The average molecular weight is 475 g/mol. The number of aliphatic hydroxyl groups is 2. The summed E-state index contributed by atoms with van der Waals surface area (Å²) >= 11 is 7.89. The van der Waals surface area contributed by atoms with Gasteiger partial charge in [0.2, 0.25) is 0 Å². The molecule has 0 aliphatic heterocycles. The standard InChI is InChI=1S/C25H27ClO5S/c1-17-14-21(9-11-22(17)29-16-25(27)28)32-13-12-18(2)30-23-10-8-19(26)15-24(23)31-20-6-4-3-5-7-20/h3-11,14-15,18,25,27-28H,12-13,16H2,1-2H3/t18-/m1/s1. The zero-order valence-electron chi connectivity index (χ0n) is 18.0. The van der Waals surface area contributed by atoms with E-state index in [-0.39, 0.29) is 12.7 Å². The molecule has 0 heterocycles. The first-order valence-corrected chi connectivity index (χ1v) is 11.7. The van der Waals surface area contributed by atoms with E-state index in [9.17, 15) is 0 Å². The van der Waals surface area contributed by atoms with E-state index in [1.807, 2.05) is 68.4 Å². The van der Waals surface area contributed by atoms with Crippen LogP contribution in [0.2, 0.25) is 5.02 Å². The second kappa shape index (κ2) is 12.0. The highest BCUT2D eigenvalue weighted by molar-refractivity contribution is 7.99. The maximum atomic E-state index is 8.94. The summed E-state index contributed by atoms with van der Waals surface area (Å²) in [6, 6.07) is 20.7. The summed E-state index contributed by atoms with van der Waals surface area (Å²) in [5, 5.41) is 18.5. The van der Waals surface area contributed by atoms with E-state index in [1.54, 1.807) is 23.9 Å². The van der Waals surface area contributed by atoms with Gasteiger partial charge in [0.05, 0.1) is 6.10 Å². The molecule has 0 saturated heterocycles. The minimum atomic E-state index is -1.48. The number of benzene rings is 3. The van der Waals surface area contributed by atoms with Crippen LogP contribution >= 0.6 is 23.4 Å². The Balaban J connectivity index is 1.53. The number of rotatable bonds is 11. The summed E-state index contributed by atoms with van der Waals surface area (Å²) in [7, 11) is 0. The smallest absolute Gasteiger partial charge is 0.186 e. The van der Waals surface area contributed by atoms with Crippen LogP contribution in [0.3, 0.4) is 0 Å². The first-order chi connectivity index (χ1) is 15.4. The molecule has 0 aliphatic rings. The molecule has 0 unspecified atom stereocenters. The number of para-hydroxylation sites is 1. The van der Waals surface area contributed by atoms with Gasteiger partial charge in [-0.3, -0.25) is 0 Å². The summed E-state index contributed by atoms with van der Waals surface area (Å²) in [6.45, 7) is 3.82. The fourth-order valence-corrected chi connectivity index (χ4v) is 4.20. The molecular formula is C25H27ClO5S. The van der Waals surface area contributed by atoms with Gasteiger partial charge in [-0.15, -0.1) is 11.8 Å². The molecule has 3 aromatic rings. The molecule has 0 aliphatic carbocycles. The lowest BCUT2D eigenvalue weighted by Gasteiger charge is -2.18. The molecule has 0 saturated carbocycles. The number of aryl methyl sites for hydroxylation is 1. The SMILES string of the molecule is Cc1cc(SCC[C@@H](C)Oc2ccc(Cl)cc2Oc2ccccc2)ccc1OCC(O)O. The molecule has 0 amide bonds. The maximum absolute atomic E-state index is 8.94. The summed E-state index contributed by atoms with van der Waals surface area (Å²) < 4.78 is 17.5. The molecule has 7 heteroatoms. The minimum absolute atomic E-state index is 0.0171. The van der Waals surface area contributed by atoms with Gasteiger partial charge in [-0.1, -0.05) is 29.8 Å². The topological polar surface area (TPSA) is 68.2 Å². The zero-order valence-corrected chi connectivity index (χ0v) is 19.6. The molecule has 0 radical (unpaired) electrons. The van der Waals surface area contributed by atoms with E-state index in [0.29, 0.717) is 22.3 Å². The van der Waals surface area contributed by atoms with Crippen molar-refractivity contribution in [3.63, 3.8) is 0 Å². The fraction of sp³-hybridized carbons (Fsp3) is 0.280. The number of hydrogen-bond donors (Lipinski definition) is 2. The largest absolute Gasteiger partial charge is 0.488 e. The van der Waals surface area contributed by atoms with Crippen molar-refractivity contribution in [3.8, 4) is 23.0 Å². The highest BCUT2D eigenvalue weighted by Gasteiger charge is 2.12. The predicted octanol–water partition coefficient (Wildman–Crippen LogP) is 6.08. The van der Waals surface area contributed by atoms with Gasteiger partial charge in [0.15, 0.2) is 17.8 Å². The zero-order chi connectivity index (χ0) is 22.9. The van der Waals surface area contributed by atoms with Crippen LogP contribution < -0.4 is 14.2 Å². The third kappa shape index (κ3) is 7.64. The lowest BCUT2D eigenvalue weighted by molar-refractivity contribution is -0.0681. The van der Waals surface area contributed by atoms with Gasteiger partial charge in [-0.25, -0.2) is 0 Å². The van der Waals surface area contributed by atoms with Gasteiger partial charge in [-0.05, 0) is 68.3 Å². The van der Waals surface area contributed by atoms with Crippen LogP contribution in [-0.2, 0) is 0 Å². The first-order valence-electron chi connectivity index (χ1n) is 10.3. The van der Waals surface area contributed by atoms with Crippen molar-refractivity contribution in [2.24, 2.45) is 0 Å². The number of halogens is 1.